The van der Waals surface area contributed by atoms with Gasteiger partial charge in [0, 0.05) is 14.2 Å². The Morgan fingerprint density at radius 2 is 1.89 bits per heavy atom. The van der Waals surface area contributed by atoms with E-state index in [1.54, 1.807) is 24.4 Å². The fraction of sp³-hybridized carbons (Fsp3) is 0. The lowest BCUT2D eigenvalue weighted by molar-refractivity contribution is 0.0844. The van der Waals surface area contributed by atoms with Gasteiger partial charge in [-0.2, -0.15) is 0 Å². The average Bonchev–Trinajstić information content (AvgIpc) is 2.92. The highest BCUT2D eigenvalue weighted by Gasteiger charge is 2.12. The van der Waals surface area contributed by atoms with E-state index in [-0.39, 0.29) is 5.91 Å². The van der Waals surface area contributed by atoms with Crippen LogP contribution in [0.15, 0.2) is 41.0 Å². The third-order valence-corrected chi connectivity index (χ3v) is 3.74. The summed E-state index contributed by atoms with van der Waals surface area (Å²) in [5.74, 6) is -0.769. The summed E-state index contributed by atoms with van der Waals surface area (Å²) in [6.07, 6.45) is 1.63. The van der Waals surface area contributed by atoms with Crippen LogP contribution in [0.1, 0.15) is 20.8 Å². The standard InChI is InChI=1S/C12H9BrIN3O2/c13-7-3-4-9(14)8(6-7)11(18)16-17-12(19)10-2-1-5-15-10/h1-6,15H,(H,16,18)(H,17,19). The Morgan fingerprint density at radius 1 is 1.16 bits per heavy atom. The highest BCUT2D eigenvalue weighted by atomic mass is 127. The zero-order valence-electron chi connectivity index (χ0n) is 9.54. The molecule has 2 amide bonds. The molecule has 0 unspecified atom stereocenters. The van der Waals surface area contributed by atoms with Crippen LogP contribution in [0.5, 0.6) is 0 Å². The van der Waals surface area contributed by atoms with Crippen molar-refractivity contribution in [3.63, 3.8) is 0 Å². The van der Waals surface area contributed by atoms with Crippen LogP contribution >= 0.6 is 38.5 Å². The van der Waals surface area contributed by atoms with Crippen LogP contribution in [0.3, 0.4) is 0 Å². The van der Waals surface area contributed by atoms with Gasteiger partial charge in [-0.1, -0.05) is 15.9 Å². The molecular formula is C12H9BrIN3O2. The SMILES string of the molecule is O=C(NNC(=O)c1cc(Br)ccc1I)c1ccc[nH]1. The number of rotatable bonds is 2. The van der Waals surface area contributed by atoms with E-state index >= 15 is 0 Å². The third kappa shape index (κ3) is 3.57. The maximum absolute atomic E-state index is 11.9. The first kappa shape index (κ1) is 14.1. The predicted molar refractivity (Wildman–Crippen MR) is 82.6 cm³/mol. The van der Waals surface area contributed by atoms with Crippen LogP contribution in [0, 0.1) is 3.57 Å². The van der Waals surface area contributed by atoms with Crippen LogP contribution in [-0.2, 0) is 0 Å². The van der Waals surface area contributed by atoms with Gasteiger partial charge >= 0.3 is 0 Å². The number of aromatic amines is 1. The maximum atomic E-state index is 11.9. The molecule has 0 saturated heterocycles. The second-order valence-corrected chi connectivity index (χ2v) is 5.69. The lowest BCUT2D eigenvalue weighted by Gasteiger charge is -2.08. The van der Waals surface area contributed by atoms with Crippen molar-refractivity contribution in [2.24, 2.45) is 0 Å². The molecule has 2 rings (SSSR count). The van der Waals surface area contributed by atoms with Crippen molar-refractivity contribution in [3.8, 4) is 0 Å². The van der Waals surface area contributed by atoms with Gasteiger partial charge in [0.05, 0.1) is 5.56 Å². The Bertz CT molecular complexity index is 613. The van der Waals surface area contributed by atoms with E-state index in [0.29, 0.717) is 11.3 Å². The van der Waals surface area contributed by atoms with Gasteiger partial charge in [0.25, 0.3) is 11.8 Å². The smallest absolute Gasteiger partial charge is 0.286 e. The molecule has 0 saturated carbocycles. The number of benzene rings is 1. The minimum Gasteiger partial charge on any atom is -0.357 e. The molecule has 0 aliphatic heterocycles. The number of amides is 2. The molecule has 1 heterocycles. The third-order valence-electron chi connectivity index (χ3n) is 2.31. The molecule has 0 fully saturated rings. The molecule has 2 aromatic rings. The van der Waals surface area contributed by atoms with Crippen molar-refractivity contribution in [3.05, 3.63) is 55.8 Å². The number of aromatic nitrogens is 1. The number of hydrogen-bond acceptors (Lipinski definition) is 2. The highest BCUT2D eigenvalue weighted by molar-refractivity contribution is 14.1. The lowest BCUT2D eigenvalue weighted by atomic mass is 10.2. The zero-order valence-corrected chi connectivity index (χ0v) is 13.3. The van der Waals surface area contributed by atoms with Gasteiger partial charge in [-0.05, 0) is 52.9 Å². The largest absolute Gasteiger partial charge is 0.357 e. The van der Waals surface area contributed by atoms with E-state index < -0.39 is 5.91 Å². The molecule has 5 nitrogen and oxygen atoms in total. The van der Waals surface area contributed by atoms with E-state index in [2.05, 4.69) is 54.4 Å². The molecule has 0 aliphatic rings. The summed E-state index contributed by atoms with van der Waals surface area (Å²) in [6.45, 7) is 0. The number of halogens is 2. The molecule has 0 atom stereocenters. The Labute approximate surface area is 131 Å². The Morgan fingerprint density at radius 3 is 2.58 bits per heavy atom. The summed E-state index contributed by atoms with van der Waals surface area (Å²) in [7, 11) is 0. The molecular weight excluding hydrogens is 425 g/mol. The van der Waals surface area contributed by atoms with E-state index in [4.69, 9.17) is 0 Å². The lowest BCUT2D eigenvalue weighted by Crippen LogP contribution is -2.42. The van der Waals surface area contributed by atoms with E-state index in [0.717, 1.165) is 8.04 Å². The van der Waals surface area contributed by atoms with Gasteiger partial charge in [0.1, 0.15) is 5.69 Å². The summed E-state index contributed by atoms with van der Waals surface area (Å²) in [4.78, 5) is 26.3. The summed E-state index contributed by atoms with van der Waals surface area (Å²) >= 11 is 5.36. The second-order valence-electron chi connectivity index (χ2n) is 3.62. The molecule has 0 spiro atoms. The number of nitrogens with one attached hydrogen (secondary N) is 3. The maximum Gasteiger partial charge on any atom is 0.286 e. The number of hydrazine groups is 1. The molecule has 0 aliphatic carbocycles. The fourth-order valence-corrected chi connectivity index (χ4v) is 2.33. The summed E-state index contributed by atoms with van der Waals surface area (Å²) in [5, 5.41) is 0. The predicted octanol–water partition coefficient (Wildman–Crippen LogP) is 2.46. The first-order chi connectivity index (χ1) is 9.08. The molecule has 19 heavy (non-hydrogen) atoms. The minimum atomic E-state index is -0.400. The van der Waals surface area contributed by atoms with Crippen LogP contribution in [0.4, 0.5) is 0 Å². The van der Waals surface area contributed by atoms with Crippen LogP contribution in [0.2, 0.25) is 0 Å². The highest BCUT2D eigenvalue weighted by Crippen LogP contribution is 2.18. The van der Waals surface area contributed by atoms with E-state index in [1.165, 1.54) is 0 Å². The summed E-state index contributed by atoms with van der Waals surface area (Å²) in [5.41, 5.74) is 5.58. The van der Waals surface area contributed by atoms with Crippen molar-refractivity contribution in [1.82, 2.24) is 15.8 Å². The average molecular weight is 434 g/mol. The number of H-pyrrole nitrogens is 1. The van der Waals surface area contributed by atoms with Gasteiger partial charge in [-0.3, -0.25) is 20.4 Å². The first-order valence-corrected chi connectivity index (χ1v) is 7.14. The molecule has 3 N–H and O–H groups in total. The normalized spacial score (nSPS) is 10.0. The van der Waals surface area contributed by atoms with Crippen molar-refractivity contribution in [2.45, 2.75) is 0 Å². The topological polar surface area (TPSA) is 74.0 Å². The first-order valence-electron chi connectivity index (χ1n) is 5.27. The van der Waals surface area contributed by atoms with Crippen molar-refractivity contribution >= 4 is 50.3 Å². The Kier molecular flexibility index (Phi) is 4.59. The van der Waals surface area contributed by atoms with Gasteiger partial charge < -0.3 is 4.98 Å². The van der Waals surface area contributed by atoms with Crippen molar-refractivity contribution in [1.29, 1.82) is 0 Å². The molecule has 1 aromatic heterocycles. The monoisotopic (exact) mass is 433 g/mol. The van der Waals surface area contributed by atoms with E-state index in [9.17, 15) is 9.59 Å². The molecule has 1 aromatic carbocycles. The van der Waals surface area contributed by atoms with Crippen LogP contribution in [-0.4, -0.2) is 16.8 Å². The minimum absolute atomic E-state index is 0.370. The second kappa shape index (κ2) is 6.20. The molecule has 7 heteroatoms. The molecule has 0 radical (unpaired) electrons. The van der Waals surface area contributed by atoms with Crippen molar-refractivity contribution in [2.75, 3.05) is 0 Å². The zero-order chi connectivity index (χ0) is 13.8. The quantitative estimate of drug-likeness (QED) is 0.502. The van der Waals surface area contributed by atoms with Crippen LogP contribution in [0.25, 0.3) is 0 Å². The van der Waals surface area contributed by atoms with Gasteiger partial charge in [-0.15, -0.1) is 0 Å². The molecule has 0 bridgehead atoms. The Balaban J connectivity index is 2.02. The summed E-state index contributed by atoms with van der Waals surface area (Å²) in [6, 6.07) is 8.67. The summed E-state index contributed by atoms with van der Waals surface area (Å²) < 4.78 is 1.60. The fourth-order valence-electron chi connectivity index (χ4n) is 1.39. The van der Waals surface area contributed by atoms with Gasteiger partial charge in [0.2, 0.25) is 0 Å². The van der Waals surface area contributed by atoms with Gasteiger partial charge in [0.15, 0.2) is 0 Å². The number of carbonyl (C=O) groups excluding carboxylic acids is 2. The molecule has 98 valence electrons. The van der Waals surface area contributed by atoms with E-state index in [1.807, 2.05) is 12.1 Å². The number of carbonyl (C=O) groups is 2. The number of hydrogen-bond donors (Lipinski definition) is 3. The Hall–Kier alpha value is -1.35. The van der Waals surface area contributed by atoms with Crippen LogP contribution < -0.4 is 10.9 Å². The van der Waals surface area contributed by atoms with Crippen molar-refractivity contribution < 1.29 is 9.59 Å². The van der Waals surface area contributed by atoms with Gasteiger partial charge in [-0.25, -0.2) is 0 Å².